The summed E-state index contributed by atoms with van der Waals surface area (Å²) < 4.78 is 5.29. The van der Waals surface area contributed by atoms with E-state index in [0.29, 0.717) is 24.6 Å². The van der Waals surface area contributed by atoms with Gasteiger partial charge in [-0.15, -0.1) is 0 Å². The molecule has 1 aliphatic rings. The number of urea groups is 1. The highest BCUT2D eigenvalue weighted by atomic mass is 16.4. The lowest BCUT2D eigenvalue weighted by Crippen LogP contribution is -2.50. The molecule has 0 bridgehead atoms. The van der Waals surface area contributed by atoms with Gasteiger partial charge < -0.3 is 25.1 Å². The van der Waals surface area contributed by atoms with E-state index >= 15 is 0 Å². The molecule has 0 radical (unpaired) electrons. The van der Waals surface area contributed by atoms with E-state index in [1.807, 2.05) is 0 Å². The Labute approximate surface area is 110 Å². The van der Waals surface area contributed by atoms with Crippen LogP contribution in [0.4, 0.5) is 4.79 Å². The fourth-order valence-corrected chi connectivity index (χ4v) is 1.99. The Kier molecular flexibility index (Phi) is 4.06. The highest BCUT2D eigenvalue weighted by molar-refractivity contribution is 5.88. The summed E-state index contributed by atoms with van der Waals surface area (Å²) in [5, 5.41) is 14.8. The Bertz CT molecular complexity index is 477. The number of aryl methyl sites for hydroxylation is 1. The molecule has 2 amide bonds. The van der Waals surface area contributed by atoms with Crippen LogP contribution >= 0.6 is 0 Å². The zero-order valence-corrected chi connectivity index (χ0v) is 10.7. The predicted molar refractivity (Wildman–Crippen MR) is 67.1 cm³/mol. The van der Waals surface area contributed by atoms with Crippen molar-refractivity contribution in [1.29, 1.82) is 0 Å². The van der Waals surface area contributed by atoms with Gasteiger partial charge in [0.1, 0.15) is 17.1 Å². The third kappa shape index (κ3) is 3.25. The van der Waals surface area contributed by atoms with Crippen LogP contribution in [0.25, 0.3) is 0 Å². The van der Waals surface area contributed by atoms with E-state index in [9.17, 15) is 9.59 Å². The third-order valence-corrected chi connectivity index (χ3v) is 3.02. The molecule has 0 aliphatic carbocycles. The quantitative estimate of drug-likeness (QED) is 0.737. The Hall–Kier alpha value is -2.02. The van der Waals surface area contributed by atoms with Crippen molar-refractivity contribution in [2.45, 2.75) is 13.5 Å². The maximum Gasteiger partial charge on any atom is 0.339 e. The number of carbonyl (C=O) groups excluding carboxylic acids is 1. The Morgan fingerprint density at radius 1 is 1.47 bits per heavy atom. The second-order valence-electron chi connectivity index (χ2n) is 4.38. The predicted octanol–water partition coefficient (Wildman–Crippen LogP) is 0.401. The van der Waals surface area contributed by atoms with Gasteiger partial charge in [-0.2, -0.15) is 0 Å². The molecule has 0 saturated carbocycles. The van der Waals surface area contributed by atoms with Crippen molar-refractivity contribution in [2.75, 3.05) is 26.2 Å². The average Bonchev–Trinajstić information content (AvgIpc) is 2.78. The van der Waals surface area contributed by atoms with E-state index < -0.39 is 5.97 Å². The number of amides is 2. The number of carboxylic acid groups (broad SMARTS) is 1. The second-order valence-corrected chi connectivity index (χ2v) is 4.38. The summed E-state index contributed by atoms with van der Waals surface area (Å²) in [4.78, 5) is 24.4. The van der Waals surface area contributed by atoms with Crippen molar-refractivity contribution >= 4 is 12.0 Å². The Morgan fingerprint density at radius 2 is 2.16 bits per heavy atom. The summed E-state index contributed by atoms with van der Waals surface area (Å²) in [5.41, 5.74) is 0.131. The molecular weight excluding hydrogens is 250 g/mol. The molecule has 2 heterocycles. The summed E-state index contributed by atoms with van der Waals surface area (Å²) in [7, 11) is 0. The SMILES string of the molecule is Cc1oc(CNC(=O)N2CCNCC2)cc1C(=O)O. The molecule has 1 aromatic heterocycles. The smallest absolute Gasteiger partial charge is 0.339 e. The fourth-order valence-electron chi connectivity index (χ4n) is 1.99. The van der Waals surface area contributed by atoms with Crippen LogP contribution in [0.1, 0.15) is 21.9 Å². The Balaban J connectivity index is 1.89. The maximum atomic E-state index is 11.8. The summed E-state index contributed by atoms with van der Waals surface area (Å²) >= 11 is 0. The van der Waals surface area contributed by atoms with E-state index in [1.54, 1.807) is 11.8 Å². The molecule has 1 aromatic rings. The molecule has 19 heavy (non-hydrogen) atoms. The number of nitrogens with zero attached hydrogens (tertiary/aromatic N) is 1. The van der Waals surface area contributed by atoms with Crippen LogP contribution in [0.3, 0.4) is 0 Å². The first-order valence-electron chi connectivity index (χ1n) is 6.14. The van der Waals surface area contributed by atoms with Crippen molar-refractivity contribution in [2.24, 2.45) is 0 Å². The lowest BCUT2D eigenvalue weighted by molar-refractivity contribution is 0.0695. The molecule has 104 valence electrons. The highest BCUT2D eigenvalue weighted by Crippen LogP contribution is 2.14. The monoisotopic (exact) mass is 267 g/mol. The van der Waals surface area contributed by atoms with Gasteiger partial charge in [0.15, 0.2) is 0 Å². The number of nitrogens with one attached hydrogen (secondary N) is 2. The van der Waals surface area contributed by atoms with E-state index in [2.05, 4.69) is 10.6 Å². The summed E-state index contributed by atoms with van der Waals surface area (Å²) in [5.74, 6) is -0.238. The minimum atomic E-state index is -1.03. The minimum Gasteiger partial charge on any atom is -0.478 e. The zero-order valence-electron chi connectivity index (χ0n) is 10.7. The molecule has 1 saturated heterocycles. The van der Waals surface area contributed by atoms with Crippen molar-refractivity contribution in [1.82, 2.24) is 15.5 Å². The molecule has 7 heteroatoms. The summed E-state index contributed by atoms with van der Waals surface area (Å²) in [6, 6.07) is 1.28. The topological polar surface area (TPSA) is 94.8 Å². The largest absolute Gasteiger partial charge is 0.478 e. The van der Waals surface area contributed by atoms with Crippen LogP contribution in [0.15, 0.2) is 10.5 Å². The van der Waals surface area contributed by atoms with Crippen LogP contribution in [-0.2, 0) is 6.54 Å². The van der Waals surface area contributed by atoms with E-state index in [1.165, 1.54) is 6.07 Å². The van der Waals surface area contributed by atoms with E-state index in [4.69, 9.17) is 9.52 Å². The number of hydrogen-bond acceptors (Lipinski definition) is 4. The second kappa shape index (κ2) is 5.75. The molecule has 1 fully saturated rings. The number of piperazine rings is 1. The zero-order chi connectivity index (χ0) is 13.8. The van der Waals surface area contributed by atoms with Gasteiger partial charge in [0, 0.05) is 26.2 Å². The molecule has 3 N–H and O–H groups in total. The molecule has 0 spiro atoms. The normalized spacial score (nSPS) is 15.3. The van der Waals surface area contributed by atoms with Crippen molar-refractivity contribution in [3.05, 3.63) is 23.2 Å². The van der Waals surface area contributed by atoms with Gasteiger partial charge >= 0.3 is 12.0 Å². The van der Waals surface area contributed by atoms with Crippen LogP contribution in [-0.4, -0.2) is 48.2 Å². The third-order valence-electron chi connectivity index (χ3n) is 3.02. The molecule has 0 unspecified atom stereocenters. The van der Waals surface area contributed by atoms with Gasteiger partial charge in [-0.05, 0) is 13.0 Å². The summed E-state index contributed by atoms with van der Waals surface area (Å²) in [6.45, 7) is 4.70. The van der Waals surface area contributed by atoms with Crippen molar-refractivity contribution < 1.29 is 19.1 Å². The van der Waals surface area contributed by atoms with Gasteiger partial charge in [0.05, 0.1) is 6.54 Å². The first-order valence-corrected chi connectivity index (χ1v) is 6.14. The van der Waals surface area contributed by atoms with Crippen LogP contribution in [0, 0.1) is 6.92 Å². The molecule has 1 aliphatic heterocycles. The molecular formula is C12H17N3O4. The average molecular weight is 267 g/mol. The van der Waals surface area contributed by atoms with Gasteiger partial charge in [-0.3, -0.25) is 0 Å². The molecule has 0 aromatic carbocycles. The molecule has 2 rings (SSSR count). The molecule has 7 nitrogen and oxygen atoms in total. The van der Waals surface area contributed by atoms with Crippen molar-refractivity contribution in [3.63, 3.8) is 0 Å². The van der Waals surface area contributed by atoms with Crippen LogP contribution < -0.4 is 10.6 Å². The fraction of sp³-hybridized carbons (Fsp3) is 0.500. The number of carbonyl (C=O) groups is 2. The number of aromatic carboxylic acids is 1. The number of hydrogen-bond donors (Lipinski definition) is 3. The lowest BCUT2D eigenvalue weighted by Gasteiger charge is -2.27. The number of carboxylic acids is 1. The standard InChI is InChI=1S/C12H17N3O4/c1-8-10(11(16)17)6-9(19-8)7-14-12(18)15-4-2-13-3-5-15/h6,13H,2-5,7H2,1H3,(H,14,18)(H,16,17). The van der Waals surface area contributed by atoms with Gasteiger partial charge in [0.25, 0.3) is 0 Å². The van der Waals surface area contributed by atoms with Crippen molar-refractivity contribution in [3.8, 4) is 0 Å². The van der Waals surface area contributed by atoms with Gasteiger partial charge in [-0.1, -0.05) is 0 Å². The minimum absolute atomic E-state index is 0.131. The lowest BCUT2D eigenvalue weighted by atomic mass is 10.2. The first kappa shape index (κ1) is 13.4. The Morgan fingerprint density at radius 3 is 2.74 bits per heavy atom. The highest BCUT2D eigenvalue weighted by Gasteiger charge is 2.17. The first-order chi connectivity index (χ1) is 9.08. The number of furan rings is 1. The van der Waals surface area contributed by atoms with E-state index in [-0.39, 0.29) is 18.1 Å². The van der Waals surface area contributed by atoms with E-state index in [0.717, 1.165) is 13.1 Å². The van der Waals surface area contributed by atoms with Gasteiger partial charge in [0.2, 0.25) is 0 Å². The number of rotatable bonds is 3. The van der Waals surface area contributed by atoms with Crippen LogP contribution in [0.5, 0.6) is 0 Å². The van der Waals surface area contributed by atoms with Crippen LogP contribution in [0.2, 0.25) is 0 Å². The molecule has 0 atom stereocenters. The summed E-state index contributed by atoms with van der Waals surface area (Å²) in [6.07, 6.45) is 0. The van der Waals surface area contributed by atoms with Gasteiger partial charge in [-0.25, -0.2) is 9.59 Å². The maximum absolute atomic E-state index is 11.8.